The molecule has 0 amide bonds. The highest BCUT2D eigenvalue weighted by Gasteiger charge is 2.39. The maximum atomic E-state index is 13.6. The smallest absolute Gasteiger partial charge is 0.493 e. The van der Waals surface area contributed by atoms with E-state index in [9.17, 15) is 17.6 Å². The van der Waals surface area contributed by atoms with Crippen LogP contribution in [0.2, 0.25) is 0 Å². The van der Waals surface area contributed by atoms with Crippen LogP contribution in [0.1, 0.15) is 53.7 Å². The molecule has 2 aliphatic carbocycles. The number of hydrogen-bond donors (Lipinski definition) is 1. The Balaban J connectivity index is 1.37. The Morgan fingerprint density at radius 3 is 2.51 bits per heavy atom. The number of nitrogens with one attached hydrogen (secondary N) is 1. The number of hydrogen-bond acceptors (Lipinski definition) is 5. The van der Waals surface area contributed by atoms with Crippen molar-refractivity contribution in [3.8, 4) is 11.5 Å². The Hall–Kier alpha value is -2.65. The second-order valence-corrected chi connectivity index (χ2v) is 10.1. The molecule has 3 aromatic rings. The summed E-state index contributed by atoms with van der Waals surface area (Å²) in [6.07, 6.45) is 1.03. The normalized spacial score (nSPS) is 22.3. The molecule has 0 bridgehead atoms. The Morgan fingerprint density at radius 2 is 1.83 bits per heavy atom. The second-order valence-electron chi connectivity index (χ2n) is 9.19. The number of nitrogens with zero attached hydrogens (tertiary/aromatic N) is 1. The van der Waals surface area contributed by atoms with E-state index < -0.39 is 6.36 Å². The van der Waals surface area contributed by atoms with Crippen LogP contribution in [0.5, 0.6) is 11.5 Å². The van der Waals surface area contributed by atoms with Gasteiger partial charge in [-0.25, -0.2) is 9.37 Å². The molecule has 5 rings (SSSR count). The Labute approximate surface area is 205 Å². The van der Waals surface area contributed by atoms with Crippen LogP contribution in [0.25, 0.3) is 0 Å². The molecule has 9 heteroatoms. The number of aromatic nitrogens is 1. The molecule has 4 nitrogen and oxygen atoms in total. The van der Waals surface area contributed by atoms with Gasteiger partial charge >= 0.3 is 6.36 Å². The highest BCUT2D eigenvalue weighted by molar-refractivity contribution is 7.09. The topological polar surface area (TPSA) is 43.4 Å². The molecule has 2 saturated carbocycles. The van der Waals surface area contributed by atoms with E-state index in [2.05, 4.69) is 15.0 Å². The van der Waals surface area contributed by atoms with Gasteiger partial charge in [0.25, 0.3) is 0 Å². The zero-order chi connectivity index (χ0) is 24.4. The molecule has 3 unspecified atom stereocenters. The zero-order valence-electron chi connectivity index (χ0n) is 18.9. The van der Waals surface area contributed by atoms with E-state index in [-0.39, 0.29) is 29.4 Å². The monoisotopic (exact) mass is 506 g/mol. The van der Waals surface area contributed by atoms with E-state index in [1.165, 1.54) is 24.3 Å². The van der Waals surface area contributed by atoms with Crippen molar-refractivity contribution in [2.75, 3.05) is 6.61 Å². The van der Waals surface area contributed by atoms with Crippen LogP contribution in [-0.4, -0.2) is 24.0 Å². The molecule has 0 radical (unpaired) electrons. The lowest BCUT2D eigenvalue weighted by atomic mass is 9.86. The van der Waals surface area contributed by atoms with Gasteiger partial charge in [-0.3, -0.25) is 0 Å². The summed E-state index contributed by atoms with van der Waals surface area (Å²) in [5.41, 5.74) is 1.63. The molecule has 2 aromatic carbocycles. The first-order chi connectivity index (χ1) is 16.9. The quantitative estimate of drug-likeness (QED) is 0.325. The average molecular weight is 507 g/mol. The van der Waals surface area contributed by atoms with Gasteiger partial charge in [0.15, 0.2) is 0 Å². The minimum atomic E-state index is -4.76. The molecule has 1 heterocycles. The molecule has 0 spiro atoms. The van der Waals surface area contributed by atoms with Crippen molar-refractivity contribution in [2.24, 2.45) is 5.92 Å². The van der Waals surface area contributed by atoms with Gasteiger partial charge in [0.1, 0.15) is 17.3 Å². The third-order valence-corrected chi connectivity index (χ3v) is 7.58. The molecule has 1 N–H and O–H groups in total. The second kappa shape index (κ2) is 10.1. The fraction of sp³-hybridized carbons (Fsp3) is 0.423. The summed E-state index contributed by atoms with van der Waals surface area (Å²) in [5.74, 6) is 0.761. The van der Waals surface area contributed by atoms with Gasteiger partial charge < -0.3 is 14.8 Å². The molecular formula is C26H26F4N2O2S. The Kier molecular flexibility index (Phi) is 6.98. The van der Waals surface area contributed by atoms with Gasteiger partial charge in [-0.05, 0) is 67.5 Å². The largest absolute Gasteiger partial charge is 0.573 e. The summed E-state index contributed by atoms with van der Waals surface area (Å²) >= 11 is 1.61. The lowest BCUT2D eigenvalue weighted by Gasteiger charge is -2.26. The first kappa shape index (κ1) is 24.1. The number of thiazole rings is 1. The number of halogens is 4. The minimum Gasteiger partial charge on any atom is -0.493 e. The van der Waals surface area contributed by atoms with Crippen molar-refractivity contribution in [3.63, 3.8) is 0 Å². The molecule has 2 aliphatic rings. The number of ether oxygens (including phenoxy) is 2. The minimum absolute atomic E-state index is 0.0397. The van der Waals surface area contributed by atoms with Gasteiger partial charge in [-0.1, -0.05) is 12.1 Å². The summed E-state index contributed by atoms with van der Waals surface area (Å²) in [7, 11) is 0. The summed E-state index contributed by atoms with van der Waals surface area (Å²) in [4.78, 5) is 4.52. The van der Waals surface area contributed by atoms with Crippen LogP contribution in [0.4, 0.5) is 17.6 Å². The van der Waals surface area contributed by atoms with Crippen molar-refractivity contribution in [1.29, 1.82) is 0 Å². The zero-order valence-corrected chi connectivity index (χ0v) is 19.7. The predicted octanol–water partition coefficient (Wildman–Crippen LogP) is 6.79. The molecule has 0 saturated heterocycles. The summed E-state index contributed by atoms with van der Waals surface area (Å²) < 4.78 is 62.1. The number of alkyl halides is 3. The van der Waals surface area contributed by atoms with Crippen LogP contribution in [0.15, 0.2) is 54.0 Å². The van der Waals surface area contributed by atoms with Crippen LogP contribution in [-0.2, 0) is 6.54 Å². The molecule has 3 atom stereocenters. The van der Waals surface area contributed by atoms with Gasteiger partial charge in [0.2, 0.25) is 0 Å². The van der Waals surface area contributed by atoms with E-state index in [1.807, 2.05) is 17.5 Å². The molecule has 186 valence electrons. The van der Waals surface area contributed by atoms with Crippen molar-refractivity contribution < 1.29 is 27.0 Å². The highest BCUT2D eigenvalue weighted by atomic mass is 32.1. The molecule has 2 fully saturated rings. The number of rotatable bonds is 9. The van der Waals surface area contributed by atoms with Crippen LogP contribution >= 0.6 is 11.3 Å². The summed E-state index contributed by atoms with van der Waals surface area (Å²) in [5, 5.41) is 6.54. The third-order valence-electron chi connectivity index (χ3n) is 6.67. The average Bonchev–Trinajstić information content (AvgIpc) is 3.30. The highest BCUT2D eigenvalue weighted by Crippen LogP contribution is 2.47. The van der Waals surface area contributed by atoms with Gasteiger partial charge in [0, 0.05) is 41.6 Å². The standard InChI is InChI=1S/C26H26F4N2O2S/c27-19-5-3-17(4-6-19)24-21(25-31-11-12-35-25)8-9-22(24)32-14-18-13-20(34-26(28,29)30)7-10-23(18)33-15-16-1-2-16/h3-7,10-13,16,21-22,24,32H,1-2,8-9,14-15H2. The molecule has 35 heavy (non-hydrogen) atoms. The lowest BCUT2D eigenvalue weighted by Crippen LogP contribution is -2.32. The van der Waals surface area contributed by atoms with Crippen LogP contribution < -0.4 is 14.8 Å². The maximum Gasteiger partial charge on any atom is 0.573 e. The molecule has 0 aliphatic heterocycles. The van der Waals surface area contributed by atoms with Crippen molar-refractivity contribution in [1.82, 2.24) is 10.3 Å². The van der Waals surface area contributed by atoms with Crippen LogP contribution in [0, 0.1) is 11.7 Å². The summed E-state index contributed by atoms with van der Waals surface area (Å²) in [6.45, 7) is 0.877. The molecule has 1 aromatic heterocycles. The molecular weight excluding hydrogens is 480 g/mol. The lowest BCUT2D eigenvalue weighted by molar-refractivity contribution is -0.274. The van der Waals surface area contributed by atoms with E-state index in [4.69, 9.17) is 4.74 Å². The van der Waals surface area contributed by atoms with Crippen LogP contribution in [0.3, 0.4) is 0 Å². The first-order valence-electron chi connectivity index (χ1n) is 11.8. The fourth-order valence-corrected chi connectivity index (χ4v) is 5.66. The first-order valence-corrected chi connectivity index (χ1v) is 12.6. The SMILES string of the molecule is Fc1ccc(C2C(NCc3cc(OC(F)(F)F)ccc3OCC3CC3)CCC2c2nccs2)cc1. The van der Waals surface area contributed by atoms with Gasteiger partial charge in [-0.15, -0.1) is 24.5 Å². The van der Waals surface area contributed by atoms with E-state index in [0.717, 1.165) is 36.3 Å². The fourth-order valence-electron chi connectivity index (χ4n) is 4.84. The third kappa shape index (κ3) is 6.13. The van der Waals surface area contributed by atoms with E-state index in [1.54, 1.807) is 23.6 Å². The van der Waals surface area contributed by atoms with Crippen molar-refractivity contribution in [3.05, 3.63) is 76.0 Å². The summed E-state index contributed by atoms with van der Waals surface area (Å²) in [6, 6.07) is 10.8. The Morgan fingerprint density at radius 1 is 1.03 bits per heavy atom. The maximum absolute atomic E-state index is 13.6. The van der Waals surface area contributed by atoms with E-state index >= 15 is 0 Å². The predicted molar refractivity (Wildman–Crippen MR) is 125 cm³/mol. The van der Waals surface area contributed by atoms with Gasteiger partial charge in [0.05, 0.1) is 11.6 Å². The van der Waals surface area contributed by atoms with Crippen molar-refractivity contribution in [2.45, 2.75) is 56.5 Å². The van der Waals surface area contributed by atoms with Gasteiger partial charge in [-0.2, -0.15) is 0 Å². The van der Waals surface area contributed by atoms with Crippen molar-refractivity contribution >= 4 is 11.3 Å². The Bertz CT molecular complexity index is 1120. The van der Waals surface area contributed by atoms with E-state index in [0.29, 0.717) is 30.4 Å². The number of benzene rings is 2.